The number of para-hydroxylation sites is 1. The highest BCUT2D eigenvalue weighted by molar-refractivity contribution is 6.01. The van der Waals surface area contributed by atoms with Gasteiger partial charge in [-0.1, -0.05) is 49.6 Å². The SMILES string of the molecule is CNC(=O)N(C)CCCN(C)C1=Nc2ccccc2C(CC(=O)OC)N1c1ccc(C2CCCCC2)cc1. The molecule has 1 heterocycles. The lowest BCUT2D eigenvalue weighted by Gasteiger charge is -2.41. The number of nitrogens with one attached hydrogen (secondary N) is 1. The van der Waals surface area contributed by atoms with Gasteiger partial charge in [-0.05, 0) is 48.9 Å². The third kappa shape index (κ3) is 6.29. The quantitative estimate of drug-likeness (QED) is 0.470. The predicted octanol–water partition coefficient (Wildman–Crippen LogP) is 5.44. The molecule has 204 valence electrons. The van der Waals surface area contributed by atoms with Crippen molar-refractivity contribution in [3.05, 3.63) is 59.7 Å². The summed E-state index contributed by atoms with van der Waals surface area (Å²) in [6.45, 7) is 1.32. The number of hydrogen-bond donors (Lipinski definition) is 1. The summed E-state index contributed by atoms with van der Waals surface area (Å²) in [6.07, 6.45) is 7.42. The molecule has 1 fully saturated rings. The van der Waals surface area contributed by atoms with Crippen LogP contribution < -0.4 is 10.2 Å². The monoisotopic (exact) mass is 519 g/mol. The molecule has 1 N–H and O–H groups in total. The van der Waals surface area contributed by atoms with Gasteiger partial charge in [-0.2, -0.15) is 0 Å². The summed E-state index contributed by atoms with van der Waals surface area (Å²) in [5.41, 5.74) is 4.26. The Morgan fingerprint density at radius 2 is 1.74 bits per heavy atom. The minimum Gasteiger partial charge on any atom is -0.469 e. The number of anilines is 1. The molecular weight excluding hydrogens is 478 g/mol. The third-order valence-electron chi connectivity index (χ3n) is 7.77. The second-order valence-electron chi connectivity index (χ2n) is 10.3. The Labute approximate surface area is 226 Å². The number of carbonyl (C=O) groups is 2. The van der Waals surface area contributed by atoms with Gasteiger partial charge >= 0.3 is 12.0 Å². The maximum Gasteiger partial charge on any atom is 0.316 e. The molecule has 1 aliphatic heterocycles. The molecule has 0 saturated heterocycles. The average Bonchev–Trinajstić information content (AvgIpc) is 2.96. The molecule has 1 aliphatic carbocycles. The van der Waals surface area contributed by atoms with E-state index in [1.807, 2.05) is 31.3 Å². The van der Waals surface area contributed by atoms with Crippen LogP contribution in [0.1, 0.15) is 68.0 Å². The van der Waals surface area contributed by atoms with Crippen molar-refractivity contribution in [2.45, 2.75) is 56.9 Å². The molecule has 8 nitrogen and oxygen atoms in total. The minimum atomic E-state index is -0.260. The Bertz CT molecular complexity index is 1130. The summed E-state index contributed by atoms with van der Waals surface area (Å²) in [5, 5.41) is 2.66. The summed E-state index contributed by atoms with van der Waals surface area (Å²) >= 11 is 0. The van der Waals surface area contributed by atoms with Crippen LogP contribution in [0.4, 0.5) is 16.2 Å². The molecule has 0 bridgehead atoms. The van der Waals surface area contributed by atoms with Crippen molar-refractivity contribution in [3.63, 3.8) is 0 Å². The highest BCUT2D eigenvalue weighted by atomic mass is 16.5. The van der Waals surface area contributed by atoms with Gasteiger partial charge in [-0.25, -0.2) is 9.79 Å². The zero-order valence-electron chi connectivity index (χ0n) is 23.2. The van der Waals surface area contributed by atoms with Gasteiger partial charge in [0, 0.05) is 45.5 Å². The van der Waals surface area contributed by atoms with Crippen LogP contribution in [0, 0.1) is 0 Å². The maximum atomic E-state index is 12.6. The van der Waals surface area contributed by atoms with E-state index < -0.39 is 0 Å². The van der Waals surface area contributed by atoms with E-state index in [1.165, 1.54) is 44.8 Å². The van der Waals surface area contributed by atoms with Crippen molar-refractivity contribution < 1.29 is 14.3 Å². The normalized spacial score (nSPS) is 17.3. The fourth-order valence-corrected chi connectivity index (χ4v) is 5.60. The molecule has 2 aromatic carbocycles. The first-order chi connectivity index (χ1) is 18.4. The lowest BCUT2D eigenvalue weighted by Crippen LogP contribution is -2.47. The van der Waals surface area contributed by atoms with Gasteiger partial charge in [0.25, 0.3) is 0 Å². The van der Waals surface area contributed by atoms with Crippen LogP contribution in [-0.2, 0) is 9.53 Å². The summed E-state index contributed by atoms with van der Waals surface area (Å²) in [6, 6.07) is 16.5. The van der Waals surface area contributed by atoms with Crippen LogP contribution in [0.3, 0.4) is 0 Å². The van der Waals surface area contributed by atoms with Crippen molar-refractivity contribution in [2.24, 2.45) is 4.99 Å². The van der Waals surface area contributed by atoms with Gasteiger partial charge < -0.3 is 24.8 Å². The fourth-order valence-electron chi connectivity index (χ4n) is 5.60. The summed E-state index contributed by atoms with van der Waals surface area (Å²) < 4.78 is 5.11. The van der Waals surface area contributed by atoms with Crippen LogP contribution >= 0.6 is 0 Å². The lowest BCUT2D eigenvalue weighted by molar-refractivity contribution is -0.141. The molecule has 2 aromatic rings. The zero-order chi connectivity index (χ0) is 27.1. The Morgan fingerprint density at radius 1 is 1.03 bits per heavy atom. The number of aliphatic imine (C=N–C) groups is 1. The number of esters is 1. The summed E-state index contributed by atoms with van der Waals surface area (Å²) in [4.78, 5) is 35.5. The summed E-state index contributed by atoms with van der Waals surface area (Å²) in [7, 11) is 6.88. The second-order valence-corrected chi connectivity index (χ2v) is 10.3. The number of carbonyl (C=O) groups excluding carboxylic acids is 2. The Morgan fingerprint density at radius 3 is 2.42 bits per heavy atom. The minimum absolute atomic E-state index is 0.102. The van der Waals surface area contributed by atoms with Crippen LogP contribution in [0.2, 0.25) is 0 Å². The topological polar surface area (TPSA) is 77.5 Å². The lowest BCUT2D eigenvalue weighted by atomic mass is 9.84. The van der Waals surface area contributed by atoms with Crippen LogP contribution in [0.15, 0.2) is 53.5 Å². The molecule has 0 aromatic heterocycles. The van der Waals surface area contributed by atoms with Crippen molar-refractivity contribution in [2.75, 3.05) is 46.2 Å². The first kappa shape index (κ1) is 27.5. The average molecular weight is 520 g/mol. The molecule has 4 rings (SSSR count). The fraction of sp³-hybridized carbons (Fsp3) is 0.500. The highest BCUT2D eigenvalue weighted by Crippen LogP contribution is 2.41. The van der Waals surface area contributed by atoms with E-state index in [0.29, 0.717) is 19.0 Å². The number of fused-ring (bicyclic) bond motifs is 1. The van der Waals surface area contributed by atoms with Gasteiger partial charge in [-0.15, -0.1) is 0 Å². The van der Waals surface area contributed by atoms with Gasteiger partial charge in [0.1, 0.15) is 0 Å². The number of benzene rings is 2. The third-order valence-corrected chi connectivity index (χ3v) is 7.77. The second kappa shape index (κ2) is 12.8. The molecule has 2 aliphatic rings. The Balaban J connectivity index is 1.65. The number of urea groups is 1. The molecule has 1 unspecified atom stereocenters. The van der Waals surface area contributed by atoms with Crippen molar-refractivity contribution in [3.8, 4) is 0 Å². The Hall–Kier alpha value is -3.55. The molecule has 0 spiro atoms. The largest absolute Gasteiger partial charge is 0.469 e. The number of methoxy groups -OCH3 is 1. The number of rotatable bonds is 8. The van der Waals surface area contributed by atoms with E-state index in [2.05, 4.69) is 39.4 Å². The molecule has 8 heteroatoms. The van der Waals surface area contributed by atoms with Gasteiger partial charge in [0.05, 0.1) is 25.3 Å². The molecule has 2 amide bonds. The molecule has 0 radical (unpaired) electrons. The molecular formula is C30H41N5O3. The van der Waals surface area contributed by atoms with E-state index in [9.17, 15) is 9.59 Å². The van der Waals surface area contributed by atoms with E-state index in [1.54, 1.807) is 19.0 Å². The van der Waals surface area contributed by atoms with Crippen molar-refractivity contribution in [1.82, 2.24) is 15.1 Å². The Kier molecular flexibility index (Phi) is 9.26. The van der Waals surface area contributed by atoms with E-state index >= 15 is 0 Å². The number of nitrogens with zero attached hydrogens (tertiary/aromatic N) is 4. The van der Waals surface area contributed by atoms with Crippen LogP contribution in [0.25, 0.3) is 0 Å². The van der Waals surface area contributed by atoms with E-state index in [-0.39, 0.29) is 24.5 Å². The molecule has 1 saturated carbocycles. The standard InChI is InChI=1S/C30H41N5O3/c1-31-30(37)34(3)20-10-19-33(2)29-32-26-14-9-8-13-25(26)27(21-28(36)38-4)35(29)24-17-15-23(16-18-24)22-11-6-5-7-12-22/h8-9,13-18,22,27H,5-7,10-12,19-21H2,1-4H3,(H,31,37). The first-order valence-electron chi connectivity index (χ1n) is 13.7. The van der Waals surface area contributed by atoms with Crippen molar-refractivity contribution >= 4 is 29.3 Å². The van der Waals surface area contributed by atoms with Gasteiger partial charge in [-0.3, -0.25) is 4.79 Å². The first-order valence-corrected chi connectivity index (χ1v) is 13.7. The predicted molar refractivity (Wildman–Crippen MR) is 152 cm³/mol. The zero-order valence-corrected chi connectivity index (χ0v) is 23.2. The van der Waals surface area contributed by atoms with Crippen LogP contribution in [-0.4, -0.2) is 69.1 Å². The number of hydrogen-bond acceptors (Lipinski definition) is 6. The van der Waals surface area contributed by atoms with Gasteiger partial charge in [0.15, 0.2) is 0 Å². The van der Waals surface area contributed by atoms with Crippen molar-refractivity contribution in [1.29, 1.82) is 0 Å². The van der Waals surface area contributed by atoms with Crippen LogP contribution in [0.5, 0.6) is 0 Å². The molecule has 1 atom stereocenters. The highest BCUT2D eigenvalue weighted by Gasteiger charge is 2.35. The maximum absolute atomic E-state index is 12.6. The summed E-state index contributed by atoms with van der Waals surface area (Å²) in [5.74, 6) is 1.15. The number of amides is 2. The van der Waals surface area contributed by atoms with E-state index in [0.717, 1.165) is 29.3 Å². The number of guanidine groups is 1. The smallest absolute Gasteiger partial charge is 0.316 e. The number of ether oxygens (including phenoxy) is 1. The molecule has 38 heavy (non-hydrogen) atoms. The van der Waals surface area contributed by atoms with Gasteiger partial charge in [0.2, 0.25) is 5.96 Å². The van der Waals surface area contributed by atoms with E-state index in [4.69, 9.17) is 9.73 Å².